The third-order valence-corrected chi connectivity index (χ3v) is 11.1. The van der Waals surface area contributed by atoms with E-state index in [0.717, 1.165) is 42.6 Å². The van der Waals surface area contributed by atoms with Gasteiger partial charge in [0.1, 0.15) is 17.2 Å². The first kappa shape index (κ1) is 40.8. The van der Waals surface area contributed by atoms with Crippen LogP contribution < -0.4 is 9.47 Å². The van der Waals surface area contributed by atoms with Gasteiger partial charge in [0.25, 0.3) is 11.8 Å². The number of nitrogens with zero attached hydrogens (tertiary/aromatic N) is 3. The fourth-order valence-electron chi connectivity index (χ4n) is 8.29. The maximum Gasteiger partial charge on any atom is 0.418 e. The minimum atomic E-state index is -4.91. The highest BCUT2D eigenvalue weighted by atomic mass is 19.4. The van der Waals surface area contributed by atoms with E-state index < -0.39 is 70.1 Å². The third kappa shape index (κ3) is 8.30. The molecule has 302 valence electrons. The minimum absolute atomic E-state index is 0.00812. The summed E-state index contributed by atoms with van der Waals surface area (Å²) in [6.45, 7) is 1.70. The first-order valence-electron chi connectivity index (χ1n) is 18.7. The molecule has 3 fully saturated rings. The second-order valence-corrected chi connectivity index (χ2v) is 14.7. The number of hydrogen-bond acceptors (Lipinski definition) is 7. The number of rotatable bonds is 10. The number of carboxylic acids is 1. The molecule has 4 atom stereocenters. The zero-order chi connectivity index (χ0) is 40.5. The van der Waals surface area contributed by atoms with Crippen molar-refractivity contribution in [1.29, 1.82) is 0 Å². The van der Waals surface area contributed by atoms with Gasteiger partial charge < -0.3 is 29.5 Å². The molecule has 0 spiro atoms. The molecule has 4 unspecified atom stereocenters. The van der Waals surface area contributed by atoms with Gasteiger partial charge in [0.2, 0.25) is 5.60 Å². The summed E-state index contributed by atoms with van der Waals surface area (Å²) in [7, 11) is 0. The van der Waals surface area contributed by atoms with Crippen molar-refractivity contribution in [1.82, 2.24) is 14.8 Å². The molecule has 2 N–H and O–H groups in total. The largest absolute Gasteiger partial charge is 0.490 e. The van der Waals surface area contributed by atoms with Gasteiger partial charge in [-0.25, -0.2) is 0 Å². The van der Waals surface area contributed by atoms with Crippen molar-refractivity contribution in [2.24, 2.45) is 5.92 Å². The summed E-state index contributed by atoms with van der Waals surface area (Å²) in [6, 6.07) is 11.3. The number of ether oxygens (including phenoxy) is 2. The molecular formula is C40H43F6N3O7. The second-order valence-electron chi connectivity index (χ2n) is 14.7. The number of aromatic nitrogens is 1. The van der Waals surface area contributed by atoms with E-state index in [1.807, 2.05) is 0 Å². The zero-order valence-electron chi connectivity index (χ0n) is 30.6. The maximum atomic E-state index is 15.0. The Balaban J connectivity index is 1.31. The Labute approximate surface area is 319 Å². The number of para-hydroxylation sites is 1. The molecule has 3 heterocycles. The molecule has 6 rings (SSSR count). The van der Waals surface area contributed by atoms with Crippen molar-refractivity contribution >= 4 is 17.8 Å². The number of likely N-dealkylation sites (tertiary alicyclic amines) is 2. The van der Waals surface area contributed by atoms with Crippen LogP contribution in [0.25, 0.3) is 0 Å². The standard InChI is InChI=1S/C40H43F6N3O7/c1-2-7-32-38(56-27-15-12-26(13-16-27)39(41,42)43,17-6-21-49(32)34(50)33-30(40(44,45)46)9-5-20-47-33)36(53)48-22-18-37(54,19-23-48)29-8-3-4-10-31(29)55-28-14-11-25(24-28)35(51)52/h3-5,8-10,12-13,15-16,20,25,28,32,54H,2,6-7,11,14,17-19,21-24H2,1H3,(H,51,52). The van der Waals surface area contributed by atoms with Gasteiger partial charge in [-0.2, -0.15) is 26.3 Å². The lowest BCUT2D eigenvalue weighted by molar-refractivity contribution is -0.163. The van der Waals surface area contributed by atoms with Crippen molar-refractivity contribution in [3.8, 4) is 11.5 Å². The highest BCUT2D eigenvalue weighted by Crippen LogP contribution is 2.44. The SMILES string of the molecule is CCCC1N(C(=O)c2ncccc2C(F)(F)F)CCCC1(Oc1ccc(C(F)(F)F)cc1)C(=O)N1CCC(O)(c2ccccc2OC2CCC(C(=O)O)C2)CC1. The predicted octanol–water partition coefficient (Wildman–Crippen LogP) is 7.48. The van der Waals surface area contributed by atoms with Crippen LogP contribution in [0.2, 0.25) is 0 Å². The topological polar surface area (TPSA) is 130 Å². The number of benzene rings is 2. The molecule has 0 bridgehead atoms. The van der Waals surface area contributed by atoms with Crippen molar-refractivity contribution in [2.75, 3.05) is 19.6 Å². The van der Waals surface area contributed by atoms with E-state index in [-0.39, 0.29) is 63.6 Å². The summed E-state index contributed by atoms with van der Waals surface area (Å²) in [5, 5.41) is 21.5. The van der Waals surface area contributed by atoms with Crippen LogP contribution in [0, 0.1) is 5.92 Å². The quantitative estimate of drug-likeness (QED) is 0.202. The summed E-state index contributed by atoms with van der Waals surface area (Å²) in [4.78, 5) is 47.0. The average Bonchev–Trinajstić information content (AvgIpc) is 3.64. The van der Waals surface area contributed by atoms with Crippen LogP contribution in [0.3, 0.4) is 0 Å². The lowest BCUT2D eigenvalue weighted by Crippen LogP contribution is -2.68. The van der Waals surface area contributed by atoms with Crippen LogP contribution in [-0.4, -0.2) is 80.2 Å². The molecule has 56 heavy (non-hydrogen) atoms. The van der Waals surface area contributed by atoms with Gasteiger partial charge in [-0.3, -0.25) is 19.4 Å². The number of halogens is 6. The molecule has 2 aliphatic heterocycles. The second kappa shape index (κ2) is 15.9. The van der Waals surface area contributed by atoms with Gasteiger partial charge >= 0.3 is 18.3 Å². The van der Waals surface area contributed by atoms with Crippen molar-refractivity contribution in [3.05, 3.63) is 89.2 Å². The Morgan fingerprint density at radius 1 is 0.893 bits per heavy atom. The fourth-order valence-corrected chi connectivity index (χ4v) is 8.29. The number of amides is 2. The third-order valence-electron chi connectivity index (χ3n) is 11.1. The molecule has 3 aliphatic rings. The molecule has 0 radical (unpaired) electrons. The Morgan fingerprint density at radius 2 is 1.59 bits per heavy atom. The summed E-state index contributed by atoms with van der Waals surface area (Å²) < 4.78 is 95.3. The van der Waals surface area contributed by atoms with E-state index >= 15 is 0 Å². The van der Waals surface area contributed by atoms with Crippen molar-refractivity contribution in [3.63, 3.8) is 0 Å². The van der Waals surface area contributed by atoms with E-state index in [0.29, 0.717) is 37.0 Å². The number of aliphatic hydroxyl groups is 1. The Bertz CT molecular complexity index is 1900. The molecule has 10 nitrogen and oxygen atoms in total. The number of carboxylic acid groups (broad SMARTS) is 1. The first-order valence-corrected chi connectivity index (χ1v) is 18.7. The van der Waals surface area contributed by atoms with E-state index in [2.05, 4.69) is 4.98 Å². The number of piperidine rings is 2. The van der Waals surface area contributed by atoms with Gasteiger partial charge in [0.05, 0.1) is 34.8 Å². The Morgan fingerprint density at radius 3 is 2.21 bits per heavy atom. The number of alkyl halides is 6. The van der Waals surface area contributed by atoms with Crippen LogP contribution in [-0.2, 0) is 27.5 Å². The Kier molecular flexibility index (Phi) is 11.6. The van der Waals surface area contributed by atoms with Gasteiger partial charge in [0, 0.05) is 37.8 Å². The fraction of sp³-hybridized carbons (Fsp3) is 0.500. The monoisotopic (exact) mass is 791 g/mol. The highest BCUT2D eigenvalue weighted by molar-refractivity contribution is 5.96. The number of pyridine rings is 1. The van der Waals surface area contributed by atoms with Crippen LogP contribution >= 0.6 is 0 Å². The van der Waals surface area contributed by atoms with E-state index in [9.17, 15) is 50.9 Å². The van der Waals surface area contributed by atoms with Crippen LogP contribution in [0.1, 0.15) is 91.9 Å². The lowest BCUT2D eigenvalue weighted by atomic mass is 9.78. The molecule has 1 saturated carbocycles. The number of carbonyl (C=O) groups is 3. The highest BCUT2D eigenvalue weighted by Gasteiger charge is 2.56. The van der Waals surface area contributed by atoms with Gasteiger partial charge in [-0.1, -0.05) is 31.5 Å². The first-order chi connectivity index (χ1) is 26.5. The van der Waals surface area contributed by atoms with Crippen molar-refractivity contribution in [2.45, 2.75) is 100 Å². The van der Waals surface area contributed by atoms with Gasteiger partial charge in [-0.15, -0.1) is 0 Å². The smallest absolute Gasteiger partial charge is 0.418 e. The maximum absolute atomic E-state index is 15.0. The molecular weight excluding hydrogens is 748 g/mol. The van der Waals surface area contributed by atoms with Gasteiger partial charge in [-0.05, 0) is 87.4 Å². The summed E-state index contributed by atoms with van der Waals surface area (Å²) in [5.74, 6) is -2.82. The molecule has 1 aliphatic carbocycles. The molecule has 16 heteroatoms. The van der Waals surface area contributed by atoms with Crippen LogP contribution in [0.4, 0.5) is 26.3 Å². The average molecular weight is 792 g/mol. The van der Waals surface area contributed by atoms with Crippen molar-refractivity contribution < 1.29 is 60.4 Å². The number of aliphatic carboxylic acids is 1. The number of hydrogen-bond donors (Lipinski definition) is 2. The Hall–Kier alpha value is -4.86. The molecule has 1 aromatic heterocycles. The molecule has 2 aromatic carbocycles. The van der Waals surface area contributed by atoms with E-state index in [1.165, 1.54) is 9.80 Å². The summed E-state index contributed by atoms with van der Waals surface area (Å²) >= 11 is 0. The predicted molar refractivity (Wildman–Crippen MR) is 189 cm³/mol. The molecule has 2 saturated heterocycles. The molecule has 2 amide bonds. The lowest BCUT2D eigenvalue weighted by Gasteiger charge is -2.51. The van der Waals surface area contributed by atoms with Crippen LogP contribution in [0.5, 0.6) is 11.5 Å². The van der Waals surface area contributed by atoms with E-state index in [1.54, 1.807) is 31.2 Å². The zero-order valence-corrected chi connectivity index (χ0v) is 30.6. The van der Waals surface area contributed by atoms with Gasteiger partial charge in [0.15, 0.2) is 0 Å². The summed E-state index contributed by atoms with van der Waals surface area (Å²) in [5.41, 5.74) is -5.99. The summed E-state index contributed by atoms with van der Waals surface area (Å²) in [6.07, 6.45) is -6.93. The minimum Gasteiger partial charge on any atom is -0.490 e. The normalized spacial score (nSPS) is 24.1. The molecule has 3 aromatic rings. The van der Waals surface area contributed by atoms with E-state index in [4.69, 9.17) is 9.47 Å². The number of carbonyl (C=O) groups excluding carboxylic acids is 2. The van der Waals surface area contributed by atoms with Crippen LogP contribution in [0.15, 0.2) is 66.9 Å².